The molecule has 2 rings (SSSR count). The molecule has 104 valence electrons. The zero-order valence-corrected chi connectivity index (χ0v) is 11.5. The van der Waals surface area contributed by atoms with Gasteiger partial charge in [-0.3, -0.25) is 4.79 Å². The minimum atomic E-state index is -0.517. The molecule has 2 fully saturated rings. The third-order valence-corrected chi connectivity index (χ3v) is 4.38. The van der Waals surface area contributed by atoms with Crippen molar-refractivity contribution in [3.8, 4) is 0 Å². The van der Waals surface area contributed by atoms with Gasteiger partial charge >= 0.3 is 0 Å². The van der Waals surface area contributed by atoms with Crippen LogP contribution in [-0.2, 0) is 4.79 Å². The fourth-order valence-corrected chi connectivity index (χ4v) is 3.08. The van der Waals surface area contributed by atoms with Crippen LogP contribution in [0.1, 0.15) is 51.4 Å². The molecule has 1 aliphatic heterocycles. The van der Waals surface area contributed by atoms with E-state index in [1.807, 2.05) is 7.05 Å². The van der Waals surface area contributed by atoms with Gasteiger partial charge in [0.1, 0.15) is 0 Å². The van der Waals surface area contributed by atoms with Crippen molar-refractivity contribution in [2.24, 2.45) is 0 Å². The van der Waals surface area contributed by atoms with Gasteiger partial charge in [-0.1, -0.05) is 25.7 Å². The summed E-state index contributed by atoms with van der Waals surface area (Å²) in [5, 5.41) is 14.0. The van der Waals surface area contributed by atoms with Crippen molar-refractivity contribution in [3.63, 3.8) is 0 Å². The van der Waals surface area contributed by atoms with E-state index in [2.05, 4.69) is 5.32 Å². The molecular formula is C14H26N2O2. The maximum Gasteiger partial charge on any atom is 0.222 e. The zero-order chi connectivity index (χ0) is 13.0. The van der Waals surface area contributed by atoms with Crippen LogP contribution in [0.2, 0.25) is 0 Å². The predicted molar refractivity (Wildman–Crippen MR) is 71.3 cm³/mol. The Hall–Kier alpha value is -0.610. The number of rotatable bonds is 3. The maximum absolute atomic E-state index is 11.4. The number of likely N-dealkylation sites (N-methyl/N-ethyl adjacent to an activating group) is 1. The molecule has 0 aromatic heterocycles. The highest BCUT2D eigenvalue weighted by Gasteiger charge is 2.30. The standard InChI is InChI=1S/C14H26N2O2/c1-16-10-12(6-7-13(16)17)15-11-14(18)8-4-2-3-5-9-14/h12,15,18H,2-11H2,1H3. The Morgan fingerprint density at radius 1 is 1.33 bits per heavy atom. The number of nitrogens with one attached hydrogen (secondary N) is 1. The molecule has 0 radical (unpaired) electrons. The molecule has 0 aromatic carbocycles. The summed E-state index contributed by atoms with van der Waals surface area (Å²) < 4.78 is 0. The number of hydrogen-bond donors (Lipinski definition) is 2. The smallest absolute Gasteiger partial charge is 0.222 e. The number of likely N-dealkylation sites (tertiary alicyclic amines) is 1. The summed E-state index contributed by atoms with van der Waals surface area (Å²) in [6.07, 6.45) is 8.16. The van der Waals surface area contributed by atoms with Crippen molar-refractivity contribution in [2.45, 2.75) is 63.0 Å². The molecule has 1 aliphatic carbocycles. The highest BCUT2D eigenvalue weighted by molar-refractivity contribution is 5.76. The molecular weight excluding hydrogens is 228 g/mol. The molecule has 2 N–H and O–H groups in total. The first-order chi connectivity index (χ1) is 8.59. The molecule has 18 heavy (non-hydrogen) atoms. The Morgan fingerprint density at radius 2 is 2.00 bits per heavy atom. The van der Waals surface area contributed by atoms with E-state index < -0.39 is 5.60 Å². The summed E-state index contributed by atoms with van der Waals surface area (Å²) in [5.41, 5.74) is -0.517. The molecule has 4 nitrogen and oxygen atoms in total. The number of carbonyl (C=O) groups is 1. The Morgan fingerprint density at radius 3 is 2.61 bits per heavy atom. The molecule has 0 spiro atoms. The van der Waals surface area contributed by atoms with Crippen LogP contribution in [0, 0.1) is 0 Å². The minimum Gasteiger partial charge on any atom is -0.389 e. The van der Waals surface area contributed by atoms with Crippen LogP contribution in [0.4, 0.5) is 0 Å². The van der Waals surface area contributed by atoms with Gasteiger partial charge in [0.25, 0.3) is 0 Å². The second-order valence-corrected chi connectivity index (χ2v) is 6.03. The number of piperidine rings is 1. The molecule has 2 aliphatic rings. The normalized spacial score (nSPS) is 29.1. The van der Waals surface area contributed by atoms with Gasteiger partial charge in [-0.25, -0.2) is 0 Å². The first-order valence-corrected chi connectivity index (χ1v) is 7.29. The second kappa shape index (κ2) is 6.02. The Labute approximate surface area is 110 Å². The van der Waals surface area contributed by atoms with Crippen molar-refractivity contribution >= 4 is 5.91 Å². The molecule has 1 amide bonds. The molecule has 1 saturated carbocycles. The lowest BCUT2D eigenvalue weighted by Gasteiger charge is -2.34. The van der Waals surface area contributed by atoms with E-state index in [9.17, 15) is 9.90 Å². The molecule has 1 unspecified atom stereocenters. The molecule has 4 heteroatoms. The SMILES string of the molecule is CN1CC(NCC2(O)CCCCCC2)CCC1=O. The lowest BCUT2D eigenvalue weighted by molar-refractivity contribution is -0.132. The highest BCUT2D eigenvalue weighted by atomic mass is 16.3. The molecule has 1 saturated heterocycles. The van der Waals surface area contributed by atoms with E-state index in [1.54, 1.807) is 4.90 Å². The largest absolute Gasteiger partial charge is 0.389 e. The van der Waals surface area contributed by atoms with Gasteiger partial charge in [0, 0.05) is 32.6 Å². The maximum atomic E-state index is 11.4. The van der Waals surface area contributed by atoms with E-state index in [0.29, 0.717) is 19.0 Å². The Bertz CT molecular complexity index is 286. The summed E-state index contributed by atoms with van der Waals surface area (Å²) in [6.45, 7) is 1.45. The van der Waals surface area contributed by atoms with Crippen LogP contribution in [-0.4, -0.2) is 47.7 Å². The summed E-state index contributed by atoms with van der Waals surface area (Å²) in [4.78, 5) is 13.2. The van der Waals surface area contributed by atoms with Gasteiger partial charge in [-0.2, -0.15) is 0 Å². The number of aliphatic hydroxyl groups is 1. The molecule has 0 aromatic rings. The summed E-state index contributed by atoms with van der Waals surface area (Å²) >= 11 is 0. The van der Waals surface area contributed by atoms with Crippen LogP contribution in [0.25, 0.3) is 0 Å². The van der Waals surface area contributed by atoms with Gasteiger partial charge < -0.3 is 15.3 Å². The van der Waals surface area contributed by atoms with Gasteiger partial charge in [0.05, 0.1) is 5.60 Å². The third kappa shape index (κ3) is 3.69. The quantitative estimate of drug-likeness (QED) is 0.746. The number of hydrogen-bond acceptors (Lipinski definition) is 3. The average Bonchev–Trinajstić information content (AvgIpc) is 2.56. The topological polar surface area (TPSA) is 52.6 Å². The predicted octanol–water partition coefficient (Wildman–Crippen LogP) is 1.28. The summed E-state index contributed by atoms with van der Waals surface area (Å²) in [7, 11) is 1.86. The van der Waals surface area contributed by atoms with Gasteiger partial charge in [0.2, 0.25) is 5.91 Å². The van der Waals surface area contributed by atoms with Crippen molar-refractivity contribution in [3.05, 3.63) is 0 Å². The number of carbonyl (C=O) groups excluding carboxylic acids is 1. The number of nitrogens with zero attached hydrogens (tertiary/aromatic N) is 1. The van der Waals surface area contributed by atoms with Crippen molar-refractivity contribution in [1.82, 2.24) is 10.2 Å². The monoisotopic (exact) mass is 254 g/mol. The van der Waals surface area contributed by atoms with E-state index in [4.69, 9.17) is 0 Å². The van der Waals surface area contributed by atoms with Crippen LogP contribution >= 0.6 is 0 Å². The van der Waals surface area contributed by atoms with Crippen molar-refractivity contribution in [2.75, 3.05) is 20.1 Å². The van der Waals surface area contributed by atoms with E-state index in [-0.39, 0.29) is 5.91 Å². The van der Waals surface area contributed by atoms with Crippen LogP contribution in [0.3, 0.4) is 0 Å². The zero-order valence-electron chi connectivity index (χ0n) is 11.5. The minimum absolute atomic E-state index is 0.237. The highest BCUT2D eigenvalue weighted by Crippen LogP contribution is 2.26. The number of amides is 1. The Kier molecular flexibility index (Phi) is 4.62. The molecule has 0 bridgehead atoms. The first-order valence-electron chi connectivity index (χ1n) is 7.29. The van der Waals surface area contributed by atoms with Gasteiger partial charge in [-0.15, -0.1) is 0 Å². The third-order valence-electron chi connectivity index (χ3n) is 4.38. The van der Waals surface area contributed by atoms with Gasteiger partial charge in [-0.05, 0) is 19.3 Å². The Balaban J connectivity index is 1.78. The second-order valence-electron chi connectivity index (χ2n) is 6.03. The molecule has 1 heterocycles. The fourth-order valence-electron chi connectivity index (χ4n) is 3.08. The molecule has 1 atom stereocenters. The lowest BCUT2D eigenvalue weighted by atomic mass is 9.93. The first kappa shape index (κ1) is 13.8. The van der Waals surface area contributed by atoms with E-state index >= 15 is 0 Å². The van der Waals surface area contributed by atoms with E-state index in [1.165, 1.54) is 12.8 Å². The van der Waals surface area contributed by atoms with Crippen LogP contribution < -0.4 is 5.32 Å². The average molecular weight is 254 g/mol. The lowest BCUT2D eigenvalue weighted by Crippen LogP contribution is -2.51. The van der Waals surface area contributed by atoms with Crippen LogP contribution in [0.5, 0.6) is 0 Å². The fraction of sp³-hybridized carbons (Fsp3) is 0.929. The van der Waals surface area contributed by atoms with Crippen molar-refractivity contribution < 1.29 is 9.90 Å². The summed E-state index contributed by atoms with van der Waals surface area (Å²) in [6, 6.07) is 0.347. The van der Waals surface area contributed by atoms with Gasteiger partial charge in [0.15, 0.2) is 0 Å². The van der Waals surface area contributed by atoms with Crippen molar-refractivity contribution in [1.29, 1.82) is 0 Å². The van der Waals surface area contributed by atoms with Crippen LogP contribution in [0.15, 0.2) is 0 Å². The van der Waals surface area contributed by atoms with E-state index in [0.717, 1.165) is 38.6 Å². The summed E-state index contributed by atoms with van der Waals surface area (Å²) in [5.74, 6) is 0.237.